The minimum Gasteiger partial charge on any atom is -0.348 e. The Bertz CT molecular complexity index is 457. The zero-order valence-electron chi connectivity index (χ0n) is 13.7. The molecule has 2 fully saturated rings. The molecule has 0 unspecified atom stereocenters. The van der Waals surface area contributed by atoms with Gasteiger partial charge in [-0.25, -0.2) is 4.98 Å². The van der Waals surface area contributed by atoms with E-state index in [0.717, 1.165) is 30.8 Å². The number of anilines is 1. The van der Waals surface area contributed by atoms with E-state index in [1.165, 1.54) is 54.5 Å². The highest BCUT2D eigenvalue weighted by atomic mass is 32.1. The van der Waals surface area contributed by atoms with Crippen LogP contribution >= 0.6 is 11.3 Å². The van der Waals surface area contributed by atoms with E-state index in [4.69, 9.17) is 4.98 Å². The van der Waals surface area contributed by atoms with E-state index in [1.54, 1.807) is 0 Å². The van der Waals surface area contributed by atoms with Gasteiger partial charge >= 0.3 is 0 Å². The quantitative estimate of drug-likeness (QED) is 0.861. The van der Waals surface area contributed by atoms with Gasteiger partial charge in [-0.1, -0.05) is 20.8 Å². The van der Waals surface area contributed by atoms with Crippen molar-refractivity contribution in [2.75, 3.05) is 24.5 Å². The average molecular weight is 308 g/mol. The van der Waals surface area contributed by atoms with Gasteiger partial charge in [0.2, 0.25) is 0 Å². The Morgan fingerprint density at radius 2 is 1.95 bits per heavy atom. The van der Waals surface area contributed by atoms with Crippen molar-refractivity contribution in [2.24, 2.45) is 11.8 Å². The molecule has 0 atom stereocenters. The largest absolute Gasteiger partial charge is 0.348 e. The third-order valence-electron chi connectivity index (χ3n) is 4.97. The number of piperidine rings is 1. The molecule has 2 heterocycles. The maximum Gasteiger partial charge on any atom is 0.185 e. The summed E-state index contributed by atoms with van der Waals surface area (Å²) in [6.07, 6.45) is 5.35. The molecule has 0 spiro atoms. The van der Waals surface area contributed by atoms with Gasteiger partial charge in [-0.05, 0) is 44.1 Å². The van der Waals surface area contributed by atoms with Crippen LogP contribution in [0.1, 0.15) is 62.9 Å². The van der Waals surface area contributed by atoms with Gasteiger partial charge in [-0.15, -0.1) is 11.3 Å². The molecule has 21 heavy (non-hydrogen) atoms. The lowest BCUT2D eigenvalue weighted by Gasteiger charge is -2.33. The normalized spacial score (nSPS) is 20.5. The first-order chi connectivity index (χ1) is 10.2. The zero-order chi connectivity index (χ0) is 14.8. The number of hydrogen-bond acceptors (Lipinski definition) is 4. The number of thiazole rings is 1. The van der Waals surface area contributed by atoms with Crippen LogP contribution in [0.5, 0.6) is 0 Å². The second-order valence-corrected chi connectivity index (χ2v) is 7.99. The van der Waals surface area contributed by atoms with Crippen molar-refractivity contribution in [3.63, 3.8) is 0 Å². The Kier molecular flexibility index (Phi) is 4.85. The molecule has 0 aromatic carbocycles. The van der Waals surface area contributed by atoms with Crippen molar-refractivity contribution in [1.29, 1.82) is 0 Å². The summed E-state index contributed by atoms with van der Waals surface area (Å²) in [7, 11) is 0. The number of hydrogen-bond donors (Lipinski definition) is 1. The smallest absolute Gasteiger partial charge is 0.185 e. The maximum absolute atomic E-state index is 5.02. The van der Waals surface area contributed by atoms with E-state index in [2.05, 4.69) is 31.0 Å². The predicted molar refractivity (Wildman–Crippen MR) is 91.2 cm³/mol. The molecule has 0 amide bonds. The Labute approximate surface area is 133 Å². The molecule has 2 aliphatic rings. The van der Waals surface area contributed by atoms with Crippen LogP contribution in [0.25, 0.3) is 0 Å². The van der Waals surface area contributed by atoms with Gasteiger partial charge in [-0.2, -0.15) is 0 Å². The monoisotopic (exact) mass is 307 g/mol. The van der Waals surface area contributed by atoms with Crippen LogP contribution in [0, 0.1) is 11.8 Å². The Hall–Kier alpha value is -0.610. The molecular weight excluding hydrogens is 278 g/mol. The third-order valence-corrected chi connectivity index (χ3v) is 6.10. The molecule has 1 saturated heterocycles. The van der Waals surface area contributed by atoms with Crippen molar-refractivity contribution in [3.8, 4) is 0 Å². The average Bonchev–Trinajstić information content (AvgIpc) is 3.25. The Morgan fingerprint density at radius 3 is 2.52 bits per heavy atom. The topological polar surface area (TPSA) is 28.2 Å². The molecule has 3 nitrogen and oxygen atoms in total. The third kappa shape index (κ3) is 3.59. The van der Waals surface area contributed by atoms with Crippen LogP contribution < -0.4 is 10.2 Å². The van der Waals surface area contributed by atoms with Crippen molar-refractivity contribution >= 4 is 16.5 Å². The van der Waals surface area contributed by atoms with Crippen LogP contribution in [0.2, 0.25) is 0 Å². The summed E-state index contributed by atoms with van der Waals surface area (Å²) in [5, 5.41) is 4.76. The predicted octanol–water partition coefficient (Wildman–Crippen LogP) is 4.00. The standard InChI is InChI=1S/C17H29N3S/c1-4-18-11-15-16(14-5-6-14)19-17(21-15)20-9-7-13(8-10-20)12(2)3/h12-14,18H,4-11H2,1-3H3. The molecule has 1 aromatic heterocycles. The first-order valence-corrected chi connectivity index (χ1v) is 9.46. The molecular formula is C17H29N3S. The molecule has 0 radical (unpaired) electrons. The van der Waals surface area contributed by atoms with Crippen LogP contribution in [-0.4, -0.2) is 24.6 Å². The van der Waals surface area contributed by atoms with Gasteiger partial charge in [0.05, 0.1) is 5.69 Å². The number of rotatable bonds is 6. The van der Waals surface area contributed by atoms with Gasteiger partial charge in [-0.3, -0.25) is 0 Å². The zero-order valence-corrected chi connectivity index (χ0v) is 14.5. The van der Waals surface area contributed by atoms with Crippen molar-refractivity contribution < 1.29 is 0 Å². The number of nitrogens with zero attached hydrogens (tertiary/aromatic N) is 2. The highest BCUT2D eigenvalue weighted by Gasteiger charge is 2.31. The van der Waals surface area contributed by atoms with Crippen molar-refractivity contribution in [2.45, 2.75) is 58.9 Å². The summed E-state index contributed by atoms with van der Waals surface area (Å²) in [6, 6.07) is 0. The molecule has 1 aliphatic carbocycles. The molecule has 1 N–H and O–H groups in total. The molecule has 1 aliphatic heterocycles. The van der Waals surface area contributed by atoms with Gasteiger partial charge in [0.15, 0.2) is 5.13 Å². The Morgan fingerprint density at radius 1 is 1.24 bits per heavy atom. The number of nitrogens with one attached hydrogen (secondary N) is 1. The van der Waals surface area contributed by atoms with Crippen molar-refractivity contribution in [1.82, 2.24) is 10.3 Å². The van der Waals surface area contributed by atoms with Gasteiger partial charge < -0.3 is 10.2 Å². The van der Waals surface area contributed by atoms with E-state index in [9.17, 15) is 0 Å². The minimum atomic E-state index is 0.761. The summed E-state index contributed by atoms with van der Waals surface area (Å²) in [5.41, 5.74) is 1.40. The van der Waals surface area contributed by atoms with Gasteiger partial charge in [0, 0.05) is 30.4 Å². The van der Waals surface area contributed by atoms with Crippen LogP contribution in [-0.2, 0) is 6.54 Å². The number of aromatic nitrogens is 1. The summed E-state index contributed by atoms with van der Waals surface area (Å²) in [4.78, 5) is 9.04. The second kappa shape index (κ2) is 6.66. The fourth-order valence-electron chi connectivity index (χ4n) is 3.28. The molecule has 3 rings (SSSR count). The fraction of sp³-hybridized carbons (Fsp3) is 0.824. The summed E-state index contributed by atoms with van der Waals surface area (Å²) in [6.45, 7) is 11.3. The maximum atomic E-state index is 5.02. The lowest BCUT2D eigenvalue weighted by Crippen LogP contribution is -2.35. The fourth-order valence-corrected chi connectivity index (χ4v) is 4.45. The van der Waals surface area contributed by atoms with Crippen molar-refractivity contribution in [3.05, 3.63) is 10.6 Å². The summed E-state index contributed by atoms with van der Waals surface area (Å²) < 4.78 is 0. The van der Waals surface area contributed by atoms with Crippen LogP contribution in [0.4, 0.5) is 5.13 Å². The molecule has 0 bridgehead atoms. The van der Waals surface area contributed by atoms with E-state index >= 15 is 0 Å². The minimum absolute atomic E-state index is 0.761. The van der Waals surface area contributed by atoms with Gasteiger partial charge in [0.25, 0.3) is 0 Å². The Balaban J connectivity index is 1.68. The lowest BCUT2D eigenvalue weighted by atomic mass is 9.87. The molecule has 1 saturated carbocycles. The van der Waals surface area contributed by atoms with E-state index in [1.807, 2.05) is 11.3 Å². The van der Waals surface area contributed by atoms with Crippen LogP contribution in [0.3, 0.4) is 0 Å². The van der Waals surface area contributed by atoms with E-state index in [-0.39, 0.29) is 0 Å². The summed E-state index contributed by atoms with van der Waals surface area (Å²) in [5.74, 6) is 2.50. The summed E-state index contributed by atoms with van der Waals surface area (Å²) >= 11 is 1.94. The first kappa shape index (κ1) is 15.3. The van der Waals surface area contributed by atoms with E-state index < -0.39 is 0 Å². The van der Waals surface area contributed by atoms with Crippen LogP contribution in [0.15, 0.2) is 0 Å². The lowest BCUT2D eigenvalue weighted by molar-refractivity contribution is 0.311. The van der Waals surface area contributed by atoms with E-state index in [0.29, 0.717) is 0 Å². The molecule has 118 valence electrons. The molecule has 4 heteroatoms. The molecule has 1 aromatic rings. The second-order valence-electron chi connectivity index (χ2n) is 6.93. The van der Waals surface area contributed by atoms with Gasteiger partial charge in [0.1, 0.15) is 0 Å². The first-order valence-electron chi connectivity index (χ1n) is 8.64. The SMILES string of the molecule is CCNCc1sc(N2CCC(C(C)C)CC2)nc1C1CC1. The highest BCUT2D eigenvalue weighted by Crippen LogP contribution is 2.44. The highest BCUT2D eigenvalue weighted by molar-refractivity contribution is 7.15.